The minimum Gasteiger partial charge on any atom is -0.508 e. The lowest BCUT2D eigenvalue weighted by Gasteiger charge is -2.31. The highest BCUT2D eigenvalue weighted by Crippen LogP contribution is 2.31. The first kappa shape index (κ1) is 19.7. The van der Waals surface area contributed by atoms with Crippen LogP contribution in [0.25, 0.3) is 0 Å². The molecule has 148 valence electrons. The summed E-state index contributed by atoms with van der Waals surface area (Å²) in [6, 6.07) is 12.6. The van der Waals surface area contributed by atoms with Gasteiger partial charge in [-0.3, -0.25) is 9.59 Å². The summed E-state index contributed by atoms with van der Waals surface area (Å²) in [4.78, 5) is 24.8. The number of rotatable bonds is 4. The van der Waals surface area contributed by atoms with Gasteiger partial charge >= 0.3 is 6.18 Å². The summed E-state index contributed by atoms with van der Waals surface area (Å²) in [7, 11) is 0. The highest BCUT2D eigenvalue weighted by molar-refractivity contribution is 6.01. The zero-order valence-electron chi connectivity index (χ0n) is 14.7. The lowest BCUT2D eigenvalue weighted by atomic mass is 9.91. The van der Waals surface area contributed by atoms with E-state index in [1.165, 1.54) is 6.07 Å². The summed E-state index contributed by atoms with van der Waals surface area (Å²) < 4.78 is 38.4. The Bertz CT molecular complexity index is 855. The molecule has 2 aromatic carbocycles. The molecule has 0 aromatic heterocycles. The van der Waals surface area contributed by atoms with Gasteiger partial charge in [0, 0.05) is 5.56 Å². The number of piperidine rings is 1. The van der Waals surface area contributed by atoms with Crippen LogP contribution in [0.15, 0.2) is 54.6 Å². The Morgan fingerprint density at radius 1 is 1.07 bits per heavy atom. The predicted molar refractivity (Wildman–Crippen MR) is 95.2 cm³/mol. The summed E-state index contributed by atoms with van der Waals surface area (Å²) in [5.74, 6) is -2.90. The van der Waals surface area contributed by atoms with Gasteiger partial charge in [-0.05, 0) is 24.5 Å². The smallest absolute Gasteiger partial charge is 0.408 e. The van der Waals surface area contributed by atoms with Crippen LogP contribution in [0.1, 0.15) is 30.0 Å². The monoisotopic (exact) mass is 392 g/mol. The molecule has 0 bridgehead atoms. The van der Waals surface area contributed by atoms with Gasteiger partial charge < -0.3 is 15.7 Å². The number of phenols is 1. The van der Waals surface area contributed by atoms with Gasteiger partial charge in [0.25, 0.3) is 0 Å². The van der Waals surface area contributed by atoms with Crippen molar-refractivity contribution in [1.29, 1.82) is 0 Å². The first-order chi connectivity index (χ1) is 13.3. The van der Waals surface area contributed by atoms with E-state index in [0.717, 1.165) is 0 Å². The number of aromatic hydroxyl groups is 1. The number of nitrogens with one attached hydrogen (secondary N) is 2. The third-order valence-electron chi connectivity index (χ3n) is 4.76. The molecule has 3 rings (SSSR count). The van der Waals surface area contributed by atoms with E-state index in [4.69, 9.17) is 0 Å². The number of amides is 2. The molecule has 3 N–H and O–H groups in total. The maximum Gasteiger partial charge on any atom is 0.408 e. The summed E-state index contributed by atoms with van der Waals surface area (Å²) >= 11 is 0. The second-order valence-electron chi connectivity index (χ2n) is 6.64. The van der Waals surface area contributed by atoms with Gasteiger partial charge in [-0.15, -0.1) is 0 Å². The van der Waals surface area contributed by atoms with Crippen molar-refractivity contribution in [1.82, 2.24) is 10.6 Å². The largest absolute Gasteiger partial charge is 0.508 e. The number of halogens is 3. The Balaban J connectivity index is 1.81. The zero-order chi connectivity index (χ0) is 20.3. The molecule has 0 spiro atoms. The minimum absolute atomic E-state index is 0.0399. The van der Waals surface area contributed by atoms with Crippen LogP contribution in [-0.4, -0.2) is 29.1 Å². The number of hydrogen-bond acceptors (Lipinski definition) is 3. The Morgan fingerprint density at radius 2 is 1.71 bits per heavy atom. The van der Waals surface area contributed by atoms with Gasteiger partial charge in [0.1, 0.15) is 17.7 Å². The Morgan fingerprint density at radius 3 is 2.32 bits per heavy atom. The fourth-order valence-corrected chi connectivity index (χ4v) is 3.27. The first-order valence-electron chi connectivity index (χ1n) is 8.77. The van der Waals surface area contributed by atoms with Crippen molar-refractivity contribution in [2.75, 3.05) is 0 Å². The van der Waals surface area contributed by atoms with Crippen LogP contribution in [0.4, 0.5) is 13.2 Å². The second-order valence-corrected chi connectivity index (χ2v) is 6.64. The predicted octanol–water partition coefficient (Wildman–Crippen LogP) is 3.05. The molecule has 1 aliphatic heterocycles. The highest BCUT2D eigenvalue weighted by Gasteiger charge is 2.46. The van der Waals surface area contributed by atoms with Gasteiger partial charge in [-0.2, -0.15) is 13.2 Å². The summed E-state index contributed by atoms with van der Waals surface area (Å²) in [6.07, 6.45) is -5.11. The normalized spacial score (nSPS) is 20.9. The van der Waals surface area contributed by atoms with Crippen LogP contribution in [0.5, 0.6) is 5.75 Å². The van der Waals surface area contributed by atoms with Gasteiger partial charge in [0.05, 0.1) is 6.04 Å². The van der Waals surface area contributed by atoms with Crippen LogP contribution in [0, 0.1) is 5.92 Å². The van der Waals surface area contributed by atoms with Gasteiger partial charge in [0.15, 0.2) is 0 Å². The van der Waals surface area contributed by atoms with Crippen LogP contribution >= 0.6 is 0 Å². The van der Waals surface area contributed by atoms with Gasteiger partial charge in [-0.25, -0.2) is 0 Å². The molecule has 0 saturated carbocycles. The third kappa shape index (κ3) is 4.27. The average molecular weight is 392 g/mol. The second kappa shape index (κ2) is 7.92. The van der Waals surface area contributed by atoms with Crippen molar-refractivity contribution in [2.45, 2.75) is 31.1 Å². The molecule has 5 nitrogen and oxygen atoms in total. The fourth-order valence-electron chi connectivity index (χ4n) is 3.27. The average Bonchev–Trinajstić information content (AvgIpc) is 2.66. The molecule has 0 aliphatic carbocycles. The maximum absolute atomic E-state index is 12.8. The number of carbonyl (C=O) groups excluding carboxylic acids is 2. The number of hydrogen-bond donors (Lipinski definition) is 3. The highest BCUT2D eigenvalue weighted by atomic mass is 19.4. The summed E-state index contributed by atoms with van der Waals surface area (Å²) in [6.45, 7) is 0. The Labute approximate surface area is 159 Å². The number of para-hydroxylation sites is 1. The zero-order valence-corrected chi connectivity index (χ0v) is 14.7. The lowest BCUT2D eigenvalue weighted by Crippen LogP contribution is -2.54. The van der Waals surface area contributed by atoms with E-state index >= 15 is 0 Å². The number of alkyl halides is 3. The molecule has 0 radical (unpaired) electrons. The molecule has 1 aliphatic rings. The molecule has 1 saturated heterocycles. The topological polar surface area (TPSA) is 78.4 Å². The standard InChI is InChI=1S/C20H19F3N2O3/c21-20(22,23)16-11-10-14(18(27)24-16)19(28)25-17(12-6-2-1-3-7-12)13-8-4-5-9-15(13)26/h1-9,14,16-17,26H,10-11H2,(H,24,27)(H,25,28). The summed E-state index contributed by atoms with van der Waals surface area (Å²) in [5, 5.41) is 14.8. The Kier molecular flexibility index (Phi) is 5.58. The molecule has 3 unspecified atom stereocenters. The molecule has 8 heteroatoms. The minimum atomic E-state index is -4.54. The molecule has 1 fully saturated rings. The van der Waals surface area contributed by atoms with Crippen molar-refractivity contribution in [3.8, 4) is 5.75 Å². The lowest BCUT2D eigenvalue weighted by molar-refractivity contribution is -0.171. The SMILES string of the molecule is O=C(NC(c1ccccc1)c1ccccc1O)C1CCC(C(F)(F)F)NC1=O. The van der Waals surface area contributed by atoms with Gasteiger partial charge in [0.2, 0.25) is 11.8 Å². The van der Waals surface area contributed by atoms with E-state index in [2.05, 4.69) is 5.32 Å². The van der Waals surface area contributed by atoms with Crippen molar-refractivity contribution in [2.24, 2.45) is 5.92 Å². The van der Waals surface area contributed by atoms with Crippen LogP contribution in [0.2, 0.25) is 0 Å². The quantitative estimate of drug-likeness (QED) is 0.700. The van der Waals surface area contributed by atoms with Crippen molar-refractivity contribution in [3.05, 3.63) is 65.7 Å². The number of phenolic OH excluding ortho intramolecular Hbond substituents is 1. The summed E-state index contributed by atoms with van der Waals surface area (Å²) in [5.41, 5.74) is 1.09. The molecular formula is C20H19F3N2O3. The van der Waals surface area contributed by atoms with Gasteiger partial charge in [-0.1, -0.05) is 48.5 Å². The van der Waals surface area contributed by atoms with E-state index in [9.17, 15) is 27.9 Å². The molecule has 3 atom stereocenters. The van der Waals surface area contributed by atoms with Crippen molar-refractivity contribution in [3.63, 3.8) is 0 Å². The van der Waals surface area contributed by atoms with Crippen LogP contribution < -0.4 is 10.6 Å². The molecule has 28 heavy (non-hydrogen) atoms. The van der Waals surface area contributed by atoms with E-state index in [0.29, 0.717) is 11.1 Å². The van der Waals surface area contributed by atoms with Crippen molar-refractivity contribution < 1.29 is 27.9 Å². The van der Waals surface area contributed by atoms with Crippen LogP contribution in [-0.2, 0) is 9.59 Å². The Hall–Kier alpha value is -3.03. The van der Waals surface area contributed by atoms with E-state index in [1.807, 2.05) is 5.32 Å². The van der Waals surface area contributed by atoms with Crippen LogP contribution in [0.3, 0.4) is 0 Å². The molecular weight excluding hydrogens is 373 g/mol. The fraction of sp³-hybridized carbons (Fsp3) is 0.300. The van der Waals surface area contributed by atoms with E-state index < -0.39 is 36.0 Å². The first-order valence-corrected chi connectivity index (χ1v) is 8.77. The molecule has 2 aromatic rings. The third-order valence-corrected chi connectivity index (χ3v) is 4.76. The maximum atomic E-state index is 12.8. The number of carbonyl (C=O) groups is 2. The van der Waals surface area contributed by atoms with E-state index in [1.54, 1.807) is 48.5 Å². The molecule has 1 heterocycles. The number of benzene rings is 2. The van der Waals surface area contributed by atoms with Crippen molar-refractivity contribution >= 4 is 11.8 Å². The molecule has 2 amide bonds. The van der Waals surface area contributed by atoms with E-state index in [-0.39, 0.29) is 18.6 Å².